The fourth-order valence-electron chi connectivity index (χ4n) is 1.76. The number of carbonyl (C=O) groups excluding carboxylic acids is 1. The van der Waals surface area contributed by atoms with E-state index >= 15 is 0 Å². The molecule has 1 fully saturated rings. The van der Waals surface area contributed by atoms with Gasteiger partial charge in [-0.1, -0.05) is 6.92 Å². The molecule has 1 saturated heterocycles. The second-order valence-corrected chi connectivity index (χ2v) is 6.32. The number of carbonyl (C=O) groups is 1. The number of ether oxygens (including phenoxy) is 1. The number of sulfonamides is 1. The molecule has 2 N–H and O–H groups in total. The summed E-state index contributed by atoms with van der Waals surface area (Å²) >= 11 is 0. The van der Waals surface area contributed by atoms with Crippen LogP contribution in [0.15, 0.2) is 0 Å². The Bertz CT molecular complexity index is 369. The Kier molecular flexibility index (Phi) is 4.91. The molecule has 0 radical (unpaired) electrons. The Morgan fingerprint density at radius 1 is 1.53 bits per heavy atom. The molecule has 0 bridgehead atoms. The van der Waals surface area contributed by atoms with Crippen LogP contribution < -0.4 is 5.73 Å². The number of piperidine rings is 1. The number of hydrogen-bond donors (Lipinski definition) is 1. The van der Waals surface area contributed by atoms with Crippen molar-refractivity contribution < 1.29 is 17.9 Å². The molecule has 100 valence electrons. The topological polar surface area (TPSA) is 89.7 Å². The summed E-state index contributed by atoms with van der Waals surface area (Å²) in [5.41, 5.74) is 5.83. The molecular weight excluding hydrogens is 244 g/mol. The van der Waals surface area contributed by atoms with Gasteiger partial charge in [-0.05, 0) is 19.3 Å². The average molecular weight is 264 g/mol. The minimum atomic E-state index is -3.58. The fraction of sp³-hybridized carbons (Fsp3) is 0.900. The van der Waals surface area contributed by atoms with Crippen molar-refractivity contribution in [3.8, 4) is 0 Å². The van der Waals surface area contributed by atoms with Crippen molar-refractivity contribution in [2.45, 2.75) is 26.3 Å². The van der Waals surface area contributed by atoms with E-state index in [0.29, 0.717) is 12.5 Å². The van der Waals surface area contributed by atoms with E-state index in [9.17, 15) is 13.2 Å². The highest BCUT2D eigenvalue weighted by molar-refractivity contribution is 7.89. The third-order valence-corrected chi connectivity index (χ3v) is 4.70. The zero-order valence-electron chi connectivity index (χ0n) is 10.3. The van der Waals surface area contributed by atoms with Crippen molar-refractivity contribution in [3.63, 3.8) is 0 Å². The van der Waals surface area contributed by atoms with E-state index in [2.05, 4.69) is 4.74 Å². The van der Waals surface area contributed by atoms with Crippen LogP contribution in [0.1, 0.15) is 20.3 Å². The van der Waals surface area contributed by atoms with Gasteiger partial charge < -0.3 is 10.5 Å². The van der Waals surface area contributed by atoms with E-state index in [1.807, 2.05) is 6.92 Å². The predicted octanol–water partition coefficient (Wildman–Crippen LogP) is -0.452. The summed E-state index contributed by atoms with van der Waals surface area (Å²) in [7, 11) is -3.58. The van der Waals surface area contributed by atoms with Crippen molar-refractivity contribution in [1.29, 1.82) is 0 Å². The summed E-state index contributed by atoms with van der Waals surface area (Å²) in [5.74, 6) is -0.995. The standard InChI is InChI=1S/C10H20N2O4S/c1-3-16-10(13)7-17(14,15)12-5-4-8(2)9(11)6-12/h8-9H,3-7,11H2,1-2H3. The van der Waals surface area contributed by atoms with E-state index in [1.54, 1.807) is 6.92 Å². The number of nitrogens with two attached hydrogens (primary N) is 1. The van der Waals surface area contributed by atoms with Gasteiger partial charge >= 0.3 is 5.97 Å². The van der Waals surface area contributed by atoms with Gasteiger partial charge in [0.1, 0.15) is 0 Å². The molecule has 1 aliphatic heterocycles. The summed E-state index contributed by atoms with van der Waals surface area (Å²) in [6.45, 7) is 4.54. The molecule has 0 aromatic heterocycles. The molecule has 2 unspecified atom stereocenters. The van der Waals surface area contributed by atoms with Crippen LogP contribution in [0, 0.1) is 5.92 Å². The maximum absolute atomic E-state index is 11.9. The van der Waals surface area contributed by atoms with Crippen molar-refractivity contribution in [1.82, 2.24) is 4.31 Å². The lowest BCUT2D eigenvalue weighted by Crippen LogP contribution is -2.50. The van der Waals surface area contributed by atoms with Crippen LogP contribution in [0.25, 0.3) is 0 Å². The Labute approximate surface area is 102 Å². The van der Waals surface area contributed by atoms with Gasteiger partial charge in [-0.15, -0.1) is 0 Å². The first-order valence-electron chi connectivity index (χ1n) is 5.76. The number of rotatable bonds is 4. The maximum Gasteiger partial charge on any atom is 0.322 e. The lowest BCUT2D eigenvalue weighted by molar-refractivity contribution is -0.140. The zero-order valence-corrected chi connectivity index (χ0v) is 11.1. The third kappa shape index (κ3) is 3.93. The van der Waals surface area contributed by atoms with Gasteiger partial charge in [-0.25, -0.2) is 8.42 Å². The summed E-state index contributed by atoms with van der Waals surface area (Å²) < 4.78 is 29.7. The zero-order chi connectivity index (χ0) is 13.1. The van der Waals surface area contributed by atoms with E-state index in [4.69, 9.17) is 5.73 Å². The number of nitrogens with zero attached hydrogens (tertiary/aromatic N) is 1. The first-order valence-corrected chi connectivity index (χ1v) is 7.36. The Morgan fingerprint density at radius 3 is 2.71 bits per heavy atom. The molecule has 0 amide bonds. The monoisotopic (exact) mass is 264 g/mol. The van der Waals surface area contributed by atoms with Crippen LogP contribution in [-0.2, 0) is 19.6 Å². The normalized spacial score (nSPS) is 26.8. The van der Waals surface area contributed by atoms with Gasteiger partial charge in [-0.2, -0.15) is 4.31 Å². The molecule has 1 aliphatic rings. The first kappa shape index (κ1) is 14.4. The van der Waals surface area contributed by atoms with E-state index in [1.165, 1.54) is 4.31 Å². The van der Waals surface area contributed by atoms with Gasteiger partial charge in [0, 0.05) is 19.1 Å². The van der Waals surface area contributed by atoms with Crippen molar-refractivity contribution in [2.24, 2.45) is 11.7 Å². The lowest BCUT2D eigenvalue weighted by Gasteiger charge is -2.33. The maximum atomic E-state index is 11.9. The van der Waals surface area contributed by atoms with Crippen LogP contribution >= 0.6 is 0 Å². The van der Waals surface area contributed by atoms with Crippen molar-refractivity contribution >= 4 is 16.0 Å². The SMILES string of the molecule is CCOC(=O)CS(=O)(=O)N1CCC(C)C(N)C1. The quantitative estimate of drug-likeness (QED) is 0.694. The highest BCUT2D eigenvalue weighted by Gasteiger charge is 2.32. The number of hydrogen-bond acceptors (Lipinski definition) is 5. The van der Waals surface area contributed by atoms with Gasteiger partial charge in [0.25, 0.3) is 0 Å². The smallest absolute Gasteiger partial charge is 0.322 e. The third-order valence-electron chi connectivity index (χ3n) is 2.98. The number of esters is 1. The fourth-order valence-corrected chi connectivity index (χ4v) is 3.11. The second-order valence-electron chi connectivity index (χ2n) is 4.35. The van der Waals surface area contributed by atoms with E-state index in [0.717, 1.165) is 6.42 Å². The van der Waals surface area contributed by atoms with Crippen LogP contribution in [0.5, 0.6) is 0 Å². The molecule has 6 nitrogen and oxygen atoms in total. The molecule has 0 saturated carbocycles. The summed E-state index contributed by atoms with van der Waals surface area (Å²) in [4.78, 5) is 11.2. The molecule has 2 atom stereocenters. The molecule has 0 aromatic carbocycles. The molecular formula is C10H20N2O4S. The van der Waals surface area contributed by atoms with Gasteiger partial charge in [0.05, 0.1) is 6.61 Å². The molecule has 0 spiro atoms. The highest BCUT2D eigenvalue weighted by Crippen LogP contribution is 2.18. The van der Waals surface area contributed by atoms with E-state index in [-0.39, 0.29) is 19.2 Å². The molecule has 17 heavy (non-hydrogen) atoms. The Balaban J connectivity index is 2.62. The Hall–Kier alpha value is -0.660. The summed E-state index contributed by atoms with van der Waals surface area (Å²) in [6.07, 6.45) is 0.725. The molecule has 1 rings (SSSR count). The Morgan fingerprint density at radius 2 is 2.18 bits per heavy atom. The first-order chi connectivity index (χ1) is 7.86. The van der Waals surface area contributed by atoms with E-state index < -0.39 is 21.7 Å². The van der Waals surface area contributed by atoms with Crippen LogP contribution in [0.3, 0.4) is 0 Å². The van der Waals surface area contributed by atoms with Crippen LogP contribution in [-0.4, -0.2) is 50.2 Å². The van der Waals surface area contributed by atoms with Crippen molar-refractivity contribution in [2.75, 3.05) is 25.4 Å². The highest BCUT2D eigenvalue weighted by atomic mass is 32.2. The molecule has 0 aliphatic carbocycles. The summed E-state index contributed by atoms with van der Waals surface area (Å²) in [6, 6.07) is -0.166. The summed E-state index contributed by atoms with van der Waals surface area (Å²) in [5, 5.41) is 0. The lowest BCUT2D eigenvalue weighted by atomic mass is 9.96. The average Bonchev–Trinajstić information content (AvgIpc) is 2.21. The minimum absolute atomic E-state index is 0.166. The van der Waals surface area contributed by atoms with Crippen LogP contribution in [0.2, 0.25) is 0 Å². The molecule has 1 heterocycles. The minimum Gasteiger partial charge on any atom is -0.465 e. The molecule has 7 heteroatoms. The predicted molar refractivity (Wildman–Crippen MR) is 63.7 cm³/mol. The van der Waals surface area contributed by atoms with Crippen LogP contribution in [0.4, 0.5) is 0 Å². The molecule has 0 aromatic rings. The van der Waals surface area contributed by atoms with Gasteiger partial charge in [0.15, 0.2) is 5.75 Å². The largest absolute Gasteiger partial charge is 0.465 e. The second kappa shape index (κ2) is 5.79. The van der Waals surface area contributed by atoms with Gasteiger partial charge in [0.2, 0.25) is 10.0 Å². The van der Waals surface area contributed by atoms with Crippen molar-refractivity contribution in [3.05, 3.63) is 0 Å². The van der Waals surface area contributed by atoms with Gasteiger partial charge in [-0.3, -0.25) is 4.79 Å².